The van der Waals surface area contributed by atoms with E-state index in [1.807, 2.05) is 0 Å². The summed E-state index contributed by atoms with van der Waals surface area (Å²) in [7, 11) is -4.24. The Labute approximate surface area is 274 Å². The molecule has 0 heterocycles. The SMILES string of the molecule is CC/C=C\C/C=C\C/C=C\C/C=C\C/C=C\CCCCCCCCCCCCOCC(COP(=O)(O)OCCN)OC(=O)CC. The van der Waals surface area contributed by atoms with E-state index in [9.17, 15) is 14.3 Å². The molecule has 45 heavy (non-hydrogen) atoms. The molecular formula is C36H64NO7P. The average molecular weight is 654 g/mol. The number of phosphoric ester groups is 1. The van der Waals surface area contributed by atoms with Crippen LogP contribution >= 0.6 is 7.82 Å². The second kappa shape index (κ2) is 33.6. The first-order valence-electron chi connectivity index (χ1n) is 17.3. The zero-order valence-electron chi connectivity index (χ0n) is 28.3. The van der Waals surface area contributed by atoms with Crippen molar-refractivity contribution in [2.24, 2.45) is 5.73 Å². The molecule has 0 aliphatic carbocycles. The zero-order valence-corrected chi connectivity index (χ0v) is 29.2. The molecule has 0 radical (unpaired) electrons. The Morgan fingerprint density at radius 2 is 1.16 bits per heavy atom. The van der Waals surface area contributed by atoms with Gasteiger partial charge in [0.15, 0.2) is 0 Å². The molecule has 0 aromatic heterocycles. The van der Waals surface area contributed by atoms with Crippen LogP contribution in [0.2, 0.25) is 0 Å². The van der Waals surface area contributed by atoms with E-state index < -0.39 is 19.9 Å². The highest BCUT2D eigenvalue weighted by molar-refractivity contribution is 7.47. The van der Waals surface area contributed by atoms with Crippen LogP contribution in [-0.2, 0) is 27.9 Å². The minimum atomic E-state index is -4.24. The first-order valence-corrected chi connectivity index (χ1v) is 18.8. The van der Waals surface area contributed by atoms with E-state index in [0.29, 0.717) is 6.61 Å². The maximum atomic E-state index is 11.8. The molecule has 0 spiro atoms. The van der Waals surface area contributed by atoms with Crippen molar-refractivity contribution in [3.8, 4) is 0 Å². The van der Waals surface area contributed by atoms with Crippen LogP contribution in [0.25, 0.3) is 0 Å². The number of ether oxygens (including phenoxy) is 2. The summed E-state index contributed by atoms with van der Waals surface area (Å²) >= 11 is 0. The van der Waals surface area contributed by atoms with Crippen molar-refractivity contribution < 1.29 is 32.8 Å². The minimum Gasteiger partial charge on any atom is -0.457 e. The third-order valence-electron chi connectivity index (χ3n) is 6.75. The summed E-state index contributed by atoms with van der Waals surface area (Å²) < 4.78 is 32.3. The molecule has 8 nitrogen and oxygen atoms in total. The Hall–Kier alpha value is -1.80. The number of hydrogen-bond acceptors (Lipinski definition) is 7. The molecule has 0 aliphatic rings. The third-order valence-corrected chi connectivity index (χ3v) is 7.74. The van der Waals surface area contributed by atoms with Crippen molar-refractivity contribution >= 4 is 13.8 Å². The molecule has 0 amide bonds. The van der Waals surface area contributed by atoms with Gasteiger partial charge in [0, 0.05) is 19.6 Å². The fourth-order valence-corrected chi connectivity index (χ4v) is 5.00. The van der Waals surface area contributed by atoms with Gasteiger partial charge in [0.25, 0.3) is 0 Å². The van der Waals surface area contributed by atoms with E-state index in [0.717, 1.165) is 44.9 Å². The molecule has 0 fully saturated rings. The highest BCUT2D eigenvalue weighted by Crippen LogP contribution is 2.43. The molecule has 0 aliphatic heterocycles. The lowest BCUT2D eigenvalue weighted by Gasteiger charge is -2.19. The number of rotatable bonds is 32. The molecule has 0 bridgehead atoms. The lowest BCUT2D eigenvalue weighted by molar-refractivity contribution is -0.154. The van der Waals surface area contributed by atoms with Gasteiger partial charge in [-0.05, 0) is 51.4 Å². The van der Waals surface area contributed by atoms with Crippen LogP contribution in [0, 0.1) is 0 Å². The molecule has 0 aromatic rings. The van der Waals surface area contributed by atoms with Gasteiger partial charge in [-0.25, -0.2) is 4.57 Å². The Morgan fingerprint density at radius 3 is 1.67 bits per heavy atom. The van der Waals surface area contributed by atoms with E-state index >= 15 is 0 Å². The van der Waals surface area contributed by atoms with Gasteiger partial charge in [-0.2, -0.15) is 0 Å². The number of allylic oxidation sites excluding steroid dienone is 10. The van der Waals surface area contributed by atoms with Gasteiger partial charge in [-0.15, -0.1) is 0 Å². The Kier molecular flexibility index (Phi) is 32.2. The van der Waals surface area contributed by atoms with E-state index in [1.54, 1.807) is 6.92 Å². The van der Waals surface area contributed by atoms with Crippen LogP contribution in [0.15, 0.2) is 60.8 Å². The molecule has 9 heteroatoms. The van der Waals surface area contributed by atoms with E-state index in [-0.39, 0.29) is 32.8 Å². The summed E-state index contributed by atoms with van der Waals surface area (Å²) in [5.41, 5.74) is 5.27. The fraction of sp³-hybridized carbons (Fsp3) is 0.694. The second-order valence-corrected chi connectivity index (χ2v) is 12.4. The Morgan fingerprint density at radius 1 is 0.667 bits per heavy atom. The normalized spacial score (nSPS) is 14.5. The van der Waals surface area contributed by atoms with Gasteiger partial charge in [0.2, 0.25) is 0 Å². The van der Waals surface area contributed by atoms with E-state index in [2.05, 4.69) is 67.7 Å². The van der Waals surface area contributed by atoms with Crippen molar-refractivity contribution in [2.75, 3.05) is 33.0 Å². The predicted octanol–water partition coefficient (Wildman–Crippen LogP) is 9.46. The molecule has 260 valence electrons. The molecule has 3 N–H and O–H groups in total. The van der Waals surface area contributed by atoms with Crippen LogP contribution in [0.5, 0.6) is 0 Å². The van der Waals surface area contributed by atoms with Crippen molar-refractivity contribution in [3.05, 3.63) is 60.8 Å². The quantitative estimate of drug-likeness (QED) is 0.0319. The monoisotopic (exact) mass is 653 g/mol. The first kappa shape index (κ1) is 43.2. The summed E-state index contributed by atoms with van der Waals surface area (Å²) in [5, 5.41) is 0. The van der Waals surface area contributed by atoms with Crippen LogP contribution < -0.4 is 5.73 Å². The maximum absolute atomic E-state index is 11.8. The van der Waals surface area contributed by atoms with Gasteiger partial charge in [0.05, 0.1) is 19.8 Å². The summed E-state index contributed by atoms with van der Waals surface area (Å²) in [6.45, 7) is 4.19. The number of hydrogen-bond donors (Lipinski definition) is 2. The van der Waals surface area contributed by atoms with Gasteiger partial charge in [-0.3, -0.25) is 13.8 Å². The van der Waals surface area contributed by atoms with Gasteiger partial charge in [0.1, 0.15) is 6.10 Å². The number of carbonyl (C=O) groups excluding carboxylic acids is 1. The molecule has 2 atom stereocenters. The Bertz CT molecular complexity index is 869. The molecule has 0 saturated carbocycles. The highest BCUT2D eigenvalue weighted by atomic mass is 31.2. The maximum Gasteiger partial charge on any atom is 0.472 e. The number of nitrogens with two attached hydrogens (primary N) is 1. The largest absolute Gasteiger partial charge is 0.472 e. The first-order chi connectivity index (χ1) is 21.9. The number of phosphoric acid groups is 1. The average Bonchev–Trinajstić information content (AvgIpc) is 3.03. The number of carbonyl (C=O) groups is 1. The lowest BCUT2D eigenvalue weighted by Crippen LogP contribution is -2.28. The summed E-state index contributed by atoms with van der Waals surface area (Å²) in [4.78, 5) is 21.3. The van der Waals surface area contributed by atoms with Crippen molar-refractivity contribution in [1.29, 1.82) is 0 Å². The van der Waals surface area contributed by atoms with Crippen LogP contribution in [-0.4, -0.2) is 49.9 Å². The fourth-order valence-electron chi connectivity index (χ4n) is 4.23. The van der Waals surface area contributed by atoms with Gasteiger partial charge >= 0.3 is 13.8 Å². The molecule has 0 aromatic carbocycles. The van der Waals surface area contributed by atoms with Crippen molar-refractivity contribution in [1.82, 2.24) is 0 Å². The Balaban J connectivity index is 3.63. The highest BCUT2D eigenvalue weighted by Gasteiger charge is 2.24. The van der Waals surface area contributed by atoms with Crippen LogP contribution in [0.4, 0.5) is 0 Å². The number of unbranched alkanes of at least 4 members (excludes halogenated alkanes) is 10. The van der Waals surface area contributed by atoms with Crippen LogP contribution in [0.1, 0.15) is 123 Å². The van der Waals surface area contributed by atoms with E-state index in [4.69, 9.17) is 24.3 Å². The van der Waals surface area contributed by atoms with Crippen molar-refractivity contribution in [3.63, 3.8) is 0 Å². The second-order valence-electron chi connectivity index (χ2n) is 11.0. The summed E-state index contributed by atoms with van der Waals surface area (Å²) in [6.07, 6.45) is 40.4. The molecule has 0 saturated heterocycles. The van der Waals surface area contributed by atoms with E-state index in [1.165, 1.54) is 57.8 Å². The predicted molar refractivity (Wildman–Crippen MR) is 187 cm³/mol. The standard InChI is InChI=1S/C36H64NO7P/c1-3-5-6-7-8-9-10-11-12-13-14-15-16-17-18-19-20-21-22-23-24-25-26-27-28-29-31-41-33-35(44-36(38)4-2)34-43-45(39,40)42-32-30-37/h5-6,8-9,11-12,14-15,17-18,35H,3-4,7,10,13,16,19-34,37H2,1-2H3,(H,39,40)/b6-5-,9-8-,12-11-,15-14-,18-17-. The van der Waals surface area contributed by atoms with Crippen LogP contribution in [0.3, 0.4) is 0 Å². The topological polar surface area (TPSA) is 117 Å². The minimum absolute atomic E-state index is 0.0955. The molecule has 2 unspecified atom stereocenters. The number of esters is 1. The molecule has 0 rings (SSSR count). The zero-order chi connectivity index (χ0) is 33.1. The van der Waals surface area contributed by atoms with Crippen molar-refractivity contribution in [2.45, 2.75) is 129 Å². The lowest BCUT2D eigenvalue weighted by atomic mass is 10.1. The van der Waals surface area contributed by atoms with Gasteiger partial charge in [-0.1, -0.05) is 126 Å². The summed E-state index contributed by atoms with van der Waals surface area (Å²) in [5.74, 6) is -0.423. The molecular weight excluding hydrogens is 589 g/mol. The van der Waals surface area contributed by atoms with Gasteiger partial charge < -0.3 is 20.1 Å². The third kappa shape index (κ3) is 33.4. The smallest absolute Gasteiger partial charge is 0.457 e. The summed E-state index contributed by atoms with van der Waals surface area (Å²) in [6, 6.07) is 0.